The number of benzene rings is 2. The standard InChI is InChI=1S/C18H21ClN2O/c1-3-13(2)16-9-4-5-10-17(16)21-18(22)20-12-14-7-6-8-15(19)11-14/h4-11,13H,3,12H2,1-2H3,(H2,20,21,22). The minimum absolute atomic E-state index is 0.212. The molecule has 2 rings (SSSR count). The van der Waals surface area contributed by atoms with Gasteiger partial charge in [-0.05, 0) is 41.7 Å². The highest BCUT2D eigenvalue weighted by Gasteiger charge is 2.10. The van der Waals surface area contributed by atoms with E-state index in [9.17, 15) is 4.79 Å². The molecule has 2 aromatic carbocycles. The number of urea groups is 1. The van der Waals surface area contributed by atoms with Crippen LogP contribution in [0.5, 0.6) is 0 Å². The average Bonchev–Trinajstić information content (AvgIpc) is 2.53. The highest BCUT2D eigenvalue weighted by molar-refractivity contribution is 6.30. The van der Waals surface area contributed by atoms with E-state index in [2.05, 4.69) is 30.5 Å². The van der Waals surface area contributed by atoms with Gasteiger partial charge >= 0.3 is 6.03 Å². The second-order valence-electron chi connectivity index (χ2n) is 5.33. The first-order valence-electron chi connectivity index (χ1n) is 7.48. The molecule has 116 valence electrons. The van der Waals surface area contributed by atoms with Crippen LogP contribution in [-0.4, -0.2) is 6.03 Å². The molecule has 2 aromatic rings. The van der Waals surface area contributed by atoms with E-state index in [1.807, 2.05) is 42.5 Å². The van der Waals surface area contributed by atoms with Crippen LogP contribution < -0.4 is 10.6 Å². The first kappa shape index (κ1) is 16.4. The number of hydrogen-bond donors (Lipinski definition) is 2. The maximum atomic E-state index is 12.1. The van der Waals surface area contributed by atoms with Crippen molar-refractivity contribution in [1.82, 2.24) is 5.32 Å². The van der Waals surface area contributed by atoms with E-state index in [4.69, 9.17) is 11.6 Å². The molecule has 2 amide bonds. The van der Waals surface area contributed by atoms with Gasteiger partial charge in [0, 0.05) is 17.3 Å². The summed E-state index contributed by atoms with van der Waals surface area (Å²) in [6.45, 7) is 4.74. The van der Waals surface area contributed by atoms with Gasteiger partial charge in [0.25, 0.3) is 0 Å². The van der Waals surface area contributed by atoms with Gasteiger partial charge in [0.05, 0.1) is 0 Å². The van der Waals surface area contributed by atoms with Gasteiger partial charge in [-0.25, -0.2) is 4.79 Å². The Balaban J connectivity index is 1.98. The first-order valence-corrected chi connectivity index (χ1v) is 7.86. The number of rotatable bonds is 5. The highest BCUT2D eigenvalue weighted by atomic mass is 35.5. The lowest BCUT2D eigenvalue weighted by Gasteiger charge is -2.16. The second kappa shape index (κ2) is 7.85. The summed E-state index contributed by atoms with van der Waals surface area (Å²) >= 11 is 5.93. The van der Waals surface area contributed by atoms with Crippen molar-refractivity contribution in [3.05, 3.63) is 64.7 Å². The van der Waals surface area contributed by atoms with Crippen LogP contribution in [0.25, 0.3) is 0 Å². The second-order valence-corrected chi connectivity index (χ2v) is 5.77. The third-order valence-electron chi connectivity index (χ3n) is 3.69. The Morgan fingerprint density at radius 1 is 1.18 bits per heavy atom. The maximum Gasteiger partial charge on any atom is 0.319 e. The maximum absolute atomic E-state index is 12.1. The van der Waals surface area contributed by atoms with Gasteiger partial charge in [-0.15, -0.1) is 0 Å². The summed E-state index contributed by atoms with van der Waals surface area (Å²) in [5.41, 5.74) is 2.99. The van der Waals surface area contributed by atoms with E-state index in [1.54, 1.807) is 0 Å². The molecule has 1 unspecified atom stereocenters. The monoisotopic (exact) mass is 316 g/mol. The van der Waals surface area contributed by atoms with E-state index in [-0.39, 0.29) is 6.03 Å². The Morgan fingerprint density at radius 2 is 1.95 bits per heavy atom. The van der Waals surface area contributed by atoms with Gasteiger partial charge in [0.2, 0.25) is 0 Å². The molecule has 0 saturated heterocycles. The third-order valence-corrected chi connectivity index (χ3v) is 3.93. The van der Waals surface area contributed by atoms with Gasteiger partial charge in [0.15, 0.2) is 0 Å². The van der Waals surface area contributed by atoms with E-state index >= 15 is 0 Å². The topological polar surface area (TPSA) is 41.1 Å². The summed E-state index contributed by atoms with van der Waals surface area (Å²) in [4.78, 5) is 12.1. The zero-order chi connectivity index (χ0) is 15.9. The van der Waals surface area contributed by atoms with Crippen LogP contribution in [0.4, 0.5) is 10.5 Å². The zero-order valence-electron chi connectivity index (χ0n) is 12.9. The van der Waals surface area contributed by atoms with Gasteiger partial charge < -0.3 is 10.6 Å². The van der Waals surface area contributed by atoms with E-state index in [1.165, 1.54) is 0 Å². The fraction of sp³-hybridized carbons (Fsp3) is 0.278. The van der Waals surface area contributed by atoms with Crippen molar-refractivity contribution in [2.45, 2.75) is 32.7 Å². The molecular formula is C18H21ClN2O. The minimum atomic E-state index is -0.212. The summed E-state index contributed by atoms with van der Waals surface area (Å²) in [6.07, 6.45) is 1.03. The Hall–Kier alpha value is -2.00. The fourth-order valence-corrected chi connectivity index (χ4v) is 2.47. The zero-order valence-corrected chi connectivity index (χ0v) is 13.7. The molecule has 0 aliphatic rings. The summed E-state index contributed by atoms with van der Waals surface area (Å²) in [6, 6.07) is 15.2. The van der Waals surface area contributed by atoms with Crippen LogP contribution >= 0.6 is 11.6 Å². The van der Waals surface area contributed by atoms with Crippen LogP contribution in [0.15, 0.2) is 48.5 Å². The van der Waals surface area contributed by atoms with Gasteiger partial charge in [-0.3, -0.25) is 0 Å². The lowest BCUT2D eigenvalue weighted by molar-refractivity contribution is 0.251. The number of carbonyl (C=O) groups excluding carboxylic acids is 1. The number of carbonyl (C=O) groups is 1. The average molecular weight is 317 g/mol. The number of anilines is 1. The highest BCUT2D eigenvalue weighted by Crippen LogP contribution is 2.26. The number of halogens is 1. The van der Waals surface area contributed by atoms with Crippen molar-refractivity contribution in [2.24, 2.45) is 0 Å². The predicted octanol–water partition coefficient (Wildman–Crippen LogP) is 5.18. The SMILES string of the molecule is CCC(C)c1ccccc1NC(=O)NCc1cccc(Cl)c1. The number of para-hydroxylation sites is 1. The molecule has 0 bridgehead atoms. The number of amides is 2. The van der Waals surface area contributed by atoms with Crippen LogP contribution in [0, 0.1) is 0 Å². The third kappa shape index (κ3) is 4.50. The van der Waals surface area contributed by atoms with E-state index in [0.717, 1.165) is 23.2 Å². The summed E-state index contributed by atoms with van der Waals surface area (Å²) < 4.78 is 0. The van der Waals surface area contributed by atoms with Crippen molar-refractivity contribution in [3.8, 4) is 0 Å². The number of nitrogens with one attached hydrogen (secondary N) is 2. The summed E-state index contributed by atoms with van der Waals surface area (Å²) in [5, 5.41) is 6.45. The first-order chi connectivity index (χ1) is 10.6. The molecule has 1 atom stereocenters. The lowest BCUT2D eigenvalue weighted by atomic mass is 9.97. The summed E-state index contributed by atoms with van der Waals surface area (Å²) in [7, 11) is 0. The van der Waals surface area contributed by atoms with Crippen molar-refractivity contribution >= 4 is 23.3 Å². The van der Waals surface area contributed by atoms with Crippen molar-refractivity contribution in [1.29, 1.82) is 0 Å². The van der Waals surface area contributed by atoms with Gasteiger partial charge in [-0.1, -0.05) is 55.8 Å². The molecule has 0 heterocycles. The van der Waals surface area contributed by atoms with Crippen molar-refractivity contribution < 1.29 is 4.79 Å². The molecule has 22 heavy (non-hydrogen) atoms. The predicted molar refractivity (Wildman–Crippen MR) is 92.5 cm³/mol. The van der Waals surface area contributed by atoms with Crippen LogP contribution in [0.2, 0.25) is 5.02 Å². The molecule has 0 spiro atoms. The smallest absolute Gasteiger partial charge is 0.319 e. The molecule has 4 heteroatoms. The molecule has 0 radical (unpaired) electrons. The Kier molecular flexibility index (Phi) is 5.84. The molecule has 2 N–H and O–H groups in total. The van der Waals surface area contributed by atoms with Crippen LogP contribution in [-0.2, 0) is 6.54 Å². The molecule has 3 nitrogen and oxygen atoms in total. The molecule has 0 aliphatic heterocycles. The molecule has 0 fully saturated rings. The van der Waals surface area contributed by atoms with Crippen molar-refractivity contribution in [2.75, 3.05) is 5.32 Å². The van der Waals surface area contributed by atoms with E-state index < -0.39 is 0 Å². The molecular weight excluding hydrogens is 296 g/mol. The van der Waals surface area contributed by atoms with Gasteiger partial charge in [0.1, 0.15) is 0 Å². The quantitative estimate of drug-likeness (QED) is 0.784. The minimum Gasteiger partial charge on any atom is -0.334 e. The normalized spacial score (nSPS) is 11.8. The molecule has 0 aliphatic carbocycles. The summed E-state index contributed by atoms with van der Waals surface area (Å²) in [5.74, 6) is 0.407. The Bertz CT molecular complexity index is 642. The molecule has 0 saturated carbocycles. The van der Waals surface area contributed by atoms with Crippen LogP contribution in [0.1, 0.15) is 37.3 Å². The Labute approximate surface area is 136 Å². The lowest BCUT2D eigenvalue weighted by Crippen LogP contribution is -2.28. The van der Waals surface area contributed by atoms with Crippen molar-refractivity contribution in [3.63, 3.8) is 0 Å². The van der Waals surface area contributed by atoms with Gasteiger partial charge in [-0.2, -0.15) is 0 Å². The molecule has 0 aromatic heterocycles. The van der Waals surface area contributed by atoms with E-state index in [0.29, 0.717) is 17.5 Å². The largest absolute Gasteiger partial charge is 0.334 e. The van der Waals surface area contributed by atoms with Crippen LogP contribution in [0.3, 0.4) is 0 Å². The Morgan fingerprint density at radius 3 is 2.68 bits per heavy atom. The fourth-order valence-electron chi connectivity index (χ4n) is 2.26. The number of hydrogen-bond acceptors (Lipinski definition) is 1.